The van der Waals surface area contributed by atoms with Crippen molar-refractivity contribution < 1.29 is 8.78 Å². The molecule has 5 heteroatoms. The van der Waals surface area contributed by atoms with Crippen LogP contribution >= 0.6 is 0 Å². The molecule has 19 heavy (non-hydrogen) atoms. The van der Waals surface area contributed by atoms with Gasteiger partial charge < -0.3 is 11.1 Å². The average Bonchev–Trinajstić information content (AvgIpc) is 2.41. The zero-order chi connectivity index (χ0) is 13.8. The number of nitrogens with zero attached hydrogens (tertiary/aromatic N) is 1. The fraction of sp³-hybridized carbons (Fsp3) is 0.214. The first kappa shape index (κ1) is 13.4. The number of anilines is 1. The molecule has 1 atom stereocenters. The summed E-state index contributed by atoms with van der Waals surface area (Å²) in [5.41, 5.74) is 7.32. The van der Waals surface area contributed by atoms with Crippen molar-refractivity contribution in [2.45, 2.75) is 12.5 Å². The molecule has 1 aromatic carbocycles. The summed E-state index contributed by atoms with van der Waals surface area (Å²) in [6.45, 7) is 0. The number of likely N-dealkylation sites (N-methyl/N-ethyl adjacent to an activating group) is 1. The Morgan fingerprint density at radius 2 is 2.05 bits per heavy atom. The van der Waals surface area contributed by atoms with E-state index in [9.17, 15) is 8.78 Å². The van der Waals surface area contributed by atoms with E-state index in [0.717, 1.165) is 11.6 Å². The van der Waals surface area contributed by atoms with Gasteiger partial charge in [0.15, 0.2) is 11.6 Å². The summed E-state index contributed by atoms with van der Waals surface area (Å²) in [4.78, 5) is 4.01. The van der Waals surface area contributed by atoms with Gasteiger partial charge in [-0.1, -0.05) is 12.1 Å². The lowest BCUT2D eigenvalue weighted by atomic mass is 9.99. The van der Waals surface area contributed by atoms with Crippen LogP contribution in [-0.4, -0.2) is 12.0 Å². The molecule has 0 aliphatic carbocycles. The Morgan fingerprint density at radius 1 is 1.26 bits per heavy atom. The Labute approximate surface area is 110 Å². The number of nitrogen functional groups attached to an aromatic ring is 1. The second kappa shape index (κ2) is 5.75. The third kappa shape index (κ3) is 3.06. The number of aromatic nitrogens is 1. The second-order valence-corrected chi connectivity index (χ2v) is 4.27. The molecule has 0 fully saturated rings. The molecule has 0 bridgehead atoms. The number of hydrogen-bond donors (Lipinski definition) is 2. The topological polar surface area (TPSA) is 50.9 Å². The maximum atomic E-state index is 13.3. The maximum absolute atomic E-state index is 13.3. The van der Waals surface area contributed by atoms with Gasteiger partial charge in [-0.15, -0.1) is 0 Å². The third-order valence-electron chi connectivity index (χ3n) is 3.04. The lowest BCUT2D eigenvalue weighted by molar-refractivity contribution is 0.501. The molecular weight excluding hydrogens is 248 g/mol. The molecule has 0 amide bonds. The summed E-state index contributed by atoms with van der Waals surface area (Å²) < 4.78 is 26.2. The van der Waals surface area contributed by atoms with Gasteiger partial charge in [0.1, 0.15) is 5.82 Å². The van der Waals surface area contributed by atoms with Gasteiger partial charge in [0.2, 0.25) is 0 Å². The number of hydrogen-bond acceptors (Lipinski definition) is 3. The van der Waals surface area contributed by atoms with Crippen molar-refractivity contribution in [3.05, 3.63) is 59.3 Å². The predicted octanol–water partition coefficient (Wildman–Crippen LogP) is 2.45. The quantitative estimate of drug-likeness (QED) is 0.890. The molecule has 0 saturated carbocycles. The van der Waals surface area contributed by atoms with Gasteiger partial charge in [-0.05, 0) is 42.8 Å². The van der Waals surface area contributed by atoms with Crippen LogP contribution in [0.5, 0.6) is 0 Å². The molecule has 1 aromatic heterocycles. The summed E-state index contributed by atoms with van der Waals surface area (Å²) in [6, 6.07) is 7.40. The summed E-state index contributed by atoms with van der Waals surface area (Å²) in [7, 11) is 1.76. The van der Waals surface area contributed by atoms with Crippen molar-refractivity contribution in [1.82, 2.24) is 10.3 Å². The lowest BCUT2D eigenvalue weighted by Crippen LogP contribution is -2.20. The van der Waals surface area contributed by atoms with Crippen LogP contribution in [-0.2, 0) is 6.42 Å². The molecule has 0 radical (unpaired) electrons. The van der Waals surface area contributed by atoms with Gasteiger partial charge in [-0.25, -0.2) is 13.8 Å². The van der Waals surface area contributed by atoms with Crippen LogP contribution in [0.15, 0.2) is 36.5 Å². The average molecular weight is 263 g/mol. The molecule has 0 aliphatic rings. The Bertz CT molecular complexity index is 572. The van der Waals surface area contributed by atoms with E-state index in [1.54, 1.807) is 25.4 Å². The highest BCUT2D eigenvalue weighted by Gasteiger charge is 2.14. The molecule has 0 aliphatic heterocycles. The van der Waals surface area contributed by atoms with E-state index in [4.69, 9.17) is 5.73 Å². The van der Waals surface area contributed by atoms with Crippen molar-refractivity contribution in [2.75, 3.05) is 12.8 Å². The molecular formula is C14H15F2N3. The molecule has 2 aromatic rings. The standard InChI is InChI=1S/C14H15F2N3/c1-18-13(8-10-3-2-6-19-14(10)17)9-4-5-11(15)12(16)7-9/h2-7,13,18H,8H2,1H3,(H2,17,19). The largest absolute Gasteiger partial charge is 0.383 e. The number of benzene rings is 1. The number of pyridine rings is 1. The highest BCUT2D eigenvalue weighted by molar-refractivity contribution is 5.39. The van der Waals surface area contributed by atoms with E-state index < -0.39 is 11.6 Å². The Balaban J connectivity index is 2.25. The van der Waals surface area contributed by atoms with Gasteiger partial charge in [0.25, 0.3) is 0 Å². The van der Waals surface area contributed by atoms with Crippen LogP contribution in [0.1, 0.15) is 17.2 Å². The molecule has 1 unspecified atom stereocenters. The number of halogens is 2. The molecule has 3 N–H and O–H groups in total. The summed E-state index contributed by atoms with van der Waals surface area (Å²) in [5, 5.41) is 3.07. The maximum Gasteiger partial charge on any atom is 0.159 e. The minimum absolute atomic E-state index is 0.151. The van der Waals surface area contributed by atoms with Crippen LogP contribution in [0, 0.1) is 11.6 Å². The van der Waals surface area contributed by atoms with E-state index in [-0.39, 0.29) is 6.04 Å². The van der Waals surface area contributed by atoms with Crippen LogP contribution in [0.4, 0.5) is 14.6 Å². The second-order valence-electron chi connectivity index (χ2n) is 4.27. The summed E-state index contributed by atoms with van der Waals surface area (Å²) in [5.74, 6) is -1.25. The third-order valence-corrected chi connectivity index (χ3v) is 3.04. The molecule has 100 valence electrons. The Morgan fingerprint density at radius 3 is 2.68 bits per heavy atom. The molecule has 2 rings (SSSR count). The first-order valence-electron chi connectivity index (χ1n) is 5.93. The first-order valence-corrected chi connectivity index (χ1v) is 5.93. The normalized spacial score (nSPS) is 12.4. The highest BCUT2D eigenvalue weighted by Crippen LogP contribution is 2.22. The number of nitrogens with one attached hydrogen (secondary N) is 1. The highest BCUT2D eigenvalue weighted by atomic mass is 19.2. The van der Waals surface area contributed by atoms with Crippen LogP contribution < -0.4 is 11.1 Å². The molecule has 0 spiro atoms. The van der Waals surface area contributed by atoms with Crippen LogP contribution in [0.3, 0.4) is 0 Å². The fourth-order valence-electron chi connectivity index (χ4n) is 1.96. The summed E-state index contributed by atoms with van der Waals surface area (Å²) in [6.07, 6.45) is 2.17. The predicted molar refractivity (Wildman–Crippen MR) is 70.5 cm³/mol. The van der Waals surface area contributed by atoms with Gasteiger partial charge in [0, 0.05) is 12.2 Å². The van der Waals surface area contributed by atoms with Gasteiger partial charge in [-0.3, -0.25) is 0 Å². The van der Waals surface area contributed by atoms with Crippen molar-refractivity contribution in [3.63, 3.8) is 0 Å². The van der Waals surface area contributed by atoms with Crippen molar-refractivity contribution in [2.24, 2.45) is 0 Å². The minimum atomic E-state index is -0.850. The fourth-order valence-corrected chi connectivity index (χ4v) is 1.96. The van der Waals surface area contributed by atoms with E-state index in [0.29, 0.717) is 17.8 Å². The summed E-state index contributed by atoms with van der Waals surface area (Å²) >= 11 is 0. The van der Waals surface area contributed by atoms with Crippen molar-refractivity contribution >= 4 is 5.82 Å². The minimum Gasteiger partial charge on any atom is -0.383 e. The Kier molecular flexibility index (Phi) is 4.06. The molecule has 0 saturated heterocycles. The zero-order valence-electron chi connectivity index (χ0n) is 10.5. The number of rotatable bonds is 4. The van der Waals surface area contributed by atoms with Crippen LogP contribution in [0.25, 0.3) is 0 Å². The molecule has 3 nitrogen and oxygen atoms in total. The van der Waals surface area contributed by atoms with E-state index in [1.807, 2.05) is 6.07 Å². The Hall–Kier alpha value is -2.01. The SMILES string of the molecule is CNC(Cc1cccnc1N)c1ccc(F)c(F)c1. The van der Waals surface area contributed by atoms with Gasteiger partial charge in [-0.2, -0.15) is 0 Å². The first-order chi connectivity index (χ1) is 9.11. The monoisotopic (exact) mass is 263 g/mol. The van der Waals surface area contributed by atoms with Gasteiger partial charge >= 0.3 is 0 Å². The van der Waals surface area contributed by atoms with Gasteiger partial charge in [0.05, 0.1) is 0 Å². The smallest absolute Gasteiger partial charge is 0.159 e. The van der Waals surface area contributed by atoms with E-state index in [2.05, 4.69) is 10.3 Å². The van der Waals surface area contributed by atoms with E-state index >= 15 is 0 Å². The van der Waals surface area contributed by atoms with Crippen molar-refractivity contribution in [3.8, 4) is 0 Å². The number of nitrogens with two attached hydrogens (primary N) is 1. The zero-order valence-corrected chi connectivity index (χ0v) is 10.5. The lowest BCUT2D eigenvalue weighted by Gasteiger charge is -2.17. The van der Waals surface area contributed by atoms with E-state index in [1.165, 1.54) is 6.07 Å². The van der Waals surface area contributed by atoms with Crippen LogP contribution in [0.2, 0.25) is 0 Å². The molecule has 1 heterocycles. The van der Waals surface area contributed by atoms with Crippen molar-refractivity contribution in [1.29, 1.82) is 0 Å².